The molecule has 6 heteroatoms. The summed E-state index contributed by atoms with van der Waals surface area (Å²) in [6.07, 6.45) is 0. The Labute approximate surface area is 187 Å². The number of thioether (sulfide) groups is 1. The molecule has 1 aliphatic rings. The predicted octanol–water partition coefficient (Wildman–Crippen LogP) is 5.88. The van der Waals surface area contributed by atoms with Gasteiger partial charge in [-0.2, -0.15) is 0 Å². The van der Waals surface area contributed by atoms with Crippen LogP contribution in [0, 0.1) is 0 Å². The molecule has 0 unspecified atom stereocenters. The van der Waals surface area contributed by atoms with Gasteiger partial charge in [0.15, 0.2) is 5.13 Å². The minimum absolute atomic E-state index is 0.127. The minimum atomic E-state index is 0.127. The van der Waals surface area contributed by atoms with E-state index in [9.17, 15) is 4.79 Å². The van der Waals surface area contributed by atoms with Crippen molar-refractivity contribution in [2.75, 3.05) is 31.1 Å². The maximum atomic E-state index is 12.9. The second kappa shape index (κ2) is 8.98. The van der Waals surface area contributed by atoms with Crippen LogP contribution in [0.4, 0.5) is 5.13 Å². The first-order chi connectivity index (χ1) is 14.4. The van der Waals surface area contributed by atoms with E-state index in [4.69, 9.17) is 4.98 Å². The summed E-state index contributed by atoms with van der Waals surface area (Å²) in [5.74, 6) is 0.589. The molecule has 2 aromatic carbocycles. The lowest BCUT2D eigenvalue weighted by molar-refractivity contribution is 0.0746. The van der Waals surface area contributed by atoms with Crippen LogP contribution in [-0.4, -0.2) is 47.2 Å². The van der Waals surface area contributed by atoms with Crippen LogP contribution in [0.3, 0.4) is 0 Å². The number of rotatable bonds is 5. The van der Waals surface area contributed by atoms with E-state index in [1.54, 1.807) is 11.3 Å². The smallest absolute Gasteiger partial charge is 0.253 e. The third kappa shape index (κ3) is 4.49. The Bertz CT molecular complexity index is 1020. The average molecular weight is 440 g/mol. The number of amides is 1. The third-order valence-electron chi connectivity index (χ3n) is 5.37. The lowest BCUT2D eigenvalue weighted by Gasteiger charge is -2.34. The van der Waals surface area contributed by atoms with Gasteiger partial charge in [-0.3, -0.25) is 4.79 Å². The van der Waals surface area contributed by atoms with E-state index in [-0.39, 0.29) is 5.91 Å². The van der Waals surface area contributed by atoms with Crippen molar-refractivity contribution in [1.82, 2.24) is 9.88 Å². The Balaban J connectivity index is 1.42. The molecule has 0 aliphatic carbocycles. The van der Waals surface area contributed by atoms with E-state index >= 15 is 0 Å². The summed E-state index contributed by atoms with van der Waals surface area (Å²) < 4.78 is 1.24. The topological polar surface area (TPSA) is 36.4 Å². The lowest BCUT2D eigenvalue weighted by Crippen LogP contribution is -2.48. The zero-order valence-corrected chi connectivity index (χ0v) is 19.7. The maximum absolute atomic E-state index is 12.9. The SMILES string of the molecule is CC(C)Sc1ccc(C(=O)N2CCN(c3nc4c(C(C)C)cccc4s3)CC2)cc1. The third-order valence-corrected chi connectivity index (χ3v) is 7.47. The number of hydrogen-bond acceptors (Lipinski definition) is 5. The van der Waals surface area contributed by atoms with Crippen LogP contribution in [-0.2, 0) is 0 Å². The number of thiazole rings is 1. The molecule has 4 nitrogen and oxygen atoms in total. The molecule has 1 amide bonds. The first-order valence-corrected chi connectivity index (χ1v) is 12.3. The van der Waals surface area contributed by atoms with Gasteiger partial charge in [0, 0.05) is 41.9 Å². The fraction of sp³-hybridized carbons (Fsp3) is 0.417. The van der Waals surface area contributed by atoms with E-state index in [1.807, 2.05) is 28.8 Å². The molecule has 4 rings (SSSR count). The van der Waals surface area contributed by atoms with Crippen molar-refractivity contribution in [2.45, 2.75) is 43.8 Å². The molecule has 0 N–H and O–H groups in total. The van der Waals surface area contributed by atoms with Crippen molar-refractivity contribution in [3.8, 4) is 0 Å². The number of anilines is 1. The van der Waals surface area contributed by atoms with E-state index in [0.29, 0.717) is 11.2 Å². The maximum Gasteiger partial charge on any atom is 0.253 e. The monoisotopic (exact) mass is 439 g/mol. The van der Waals surface area contributed by atoms with Crippen LogP contribution in [0.25, 0.3) is 10.2 Å². The number of nitrogens with zero attached hydrogens (tertiary/aromatic N) is 3. The largest absolute Gasteiger partial charge is 0.345 e. The highest BCUT2D eigenvalue weighted by Gasteiger charge is 2.24. The zero-order chi connectivity index (χ0) is 21.3. The molecule has 1 fully saturated rings. The quantitative estimate of drug-likeness (QED) is 0.465. The molecule has 1 saturated heterocycles. The normalized spacial score (nSPS) is 14.9. The van der Waals surface area contributed by atoms with Crippen LogP contribution in [0.1, 0.15) is 49.5 Å². The number of aromatic nitrogens is 1. The molecular weight excluding hydrogens is 410 g/mol. The Morgan fingerprint density at radius 1 is 1.00 bits per heavy atom. The zero-order valence-electron chi connectivity index (χ0n) is 18.1. The fourth-order valence-corrected chi connectivity index (χ4v) is 5.68. The van der Waals surface area contributed by atoms with Crippen molar-refractivity contribution < 1.29 is 4.79 Å². The van der Waals surface area contributed by atoms with Crippen LogP contribution < -0.4 is 4.90 Å². The molecule has 0 bridgehead atoms. The average Bonchev–Trinajstić information content (AvgIpc) is 3.17. The Hall–Kier alpha value is -2.05. The molecule has 158 valence electrons. The summed E-state index contributed by atoms with van der Waals surface area (Å²) in [5.41, 5.74) is 3.21. The van der Waals surface area contributed by atoms with Gasteiger partial charge < -0.3 is 9.80 Å². The Morgan fingerprint density at radius 3 is 2.33 bits per heavy atom. The molecule has 1 aromatic heterocycles. The molecule has 0 spiro atoms. The molecule has 0 saturated carbocycles. The van der Waals surface area contributed by atoms with E-state index in [1.165, 1.54) is 15.2 Å². The number of carbonyl (C=O) groups excluding carboxylic acids is 1. The van der Waals surface area contributed by atoms with Gasteiger partial charge in [-0.1, -0.05) is 51.2 Å². The summed E-state index contributed by atoms with van der Waals surface area (Å²) >= 11 is 3.58. The highest BCUT2D eigenvalue weighted by atomic mass is 32.2. The highest BCUT2D eigenvalue weighted by molar-refractivity contribution is 7.99. The van der Waals surface area contributed by atoms with Crippen molar-refractivity contribution in [2.24, 2.45) is 0 Å². The van der Waals surface area contributed by atoms with E-state index in [2.05, 4.69) is 62.9 Å². The lowest BCUT2D eigenvalue weighted by atomic mass is 10.0. The van der Waals surface area contributed by atoms with Gasteiger partial charge in [-0.05, 0) is 41.8 Å². The van der Waals surface area contributed by atoms with Gasteiger partial charge in [0.25, 0.3) is 5.91 Å². The number of benzene rings is 2. The number of hydrogen-bond donors (Lipinski definition) is 0. The van der Waals surface area contributed by atoms with Crippen molar-refractivity contribution in [1.29, 1.82) is 0 Å². The van der Waals surface area contributed by atoms with Crippen LogP contribution in [0.15, 0.2) is 47.4 Å². The molecular formula is C24H29N3OS2. The summed E-state index contributed by atoms with van der Waals surface area (Å²) in [7, 11) is 0. The van der Waals surface area contributed by atoms with E-state index < -0.39 is 0 Å². The van der Waals surface area contributed by atoms with Crippen LogP contribution >= 0.6 is 23.1 Å². The van der Waals surface area contributed by atoms with Gasteiger partial charge in [-0.15, -0.1) is 11.8 Å². The number of fused-ring (bicyclic) bond motifs is 1. The van der Waals surface area contributed by atoms with Gasteiger partial charge in [0.1, 0.15) is 0 Å². The minimum Gasteiger partial charge on any atom is -0.345 e. The van der Waals surface area contributed by atoms with Crippen molar-refractivity contribution in [3.63, 3.8) is 0 Å². The highest BCUT2D eigenvalue weighted by Crippen LogP contribution is 2.34. The van der Waals surface area contributed by atoms with Gasteiger partial charge in [0.2, 0.25) is 0 Å². The van der Waals surface area contributed by atoms with Gasteiger partial charge in [-0.25, -0.2) is 4.98 Å². The summed E-state index contributed by atoms with van der Waals surface area (Å²) in [5, 5.41) is 1.61. The number of para-hydroxylation sites is 1. The molecule has 0 radical (unpaired) electrons. The molecule has 30 heavy (non-hydrogen) atoms. The van der Waals surface area contributed by atoms with Crippen LogP contribution in [0.5, 0.6) is 0 Å². The van der Waals surface area contributed by atoms with Crippen LogP contribution in [0.2, 0.25) is 0 Å². The molecule has 2 heterocycles. The standard InChI is InChI=1S/C24H29N3OS2/c1-16(2)20-6-5-7-21-22(20)25-24(30-21)27-14-12-26(13-15-27)23(28)18-8-10-19(11-9-18)29-17(3)4/h5-11,16-17H,12-15H2,1-4H3. The molecule has 0 atom stereocenters. The first-order valence-electron chi connectivity index (χ1n) is 10.6. The Morgan fingerprint density at radius 2 is 1.70 bits per heavy atom. The number of piperazine rings is 1. The summed E-state index contributed by atoms with van der Waals surface area (Å²) in [6, 6.07) is 14.5. The number of carbonyl (C=O) groups is 1. The van der Waals surface area contributed by atoms with E-state index in [0.717, 1.165) is 42.4 Å². The van der Waals surface area contributed by atoms with Crippen molar-refractivity contribution in [3.05, 3.63) is 53.6 Å². The molecule has 3 aromatic rings. The summed E-state index contributed by atoms with van der Waals surface area (Å²) in [6.45, 7) is 11.9. The van der Waals surface area contributed by atoms with Crippen molar-refractivity contribution >= 4 is 44.4 Å². The summed E-state index contributed by atoms with van der Waals surface area (Å²) in [4.78, 5) is 23.4. The van der Waals surface area contributed by atoms with Gasteiger partial charge in [0.05, 0.1) is 10.2 Å². The Kier molecular flexibility index (Phi) is 6.34. The second-order valence-corrected chi connectivity index (χ2v) is 11.0. The first kappa shape index (κ1) is 21.2. The predicted molar refractivity (Wildman–Crippen MR) is 129 cm³/mol. The van der Waals surface area contributed by atoms with Gasteiger partial charge >= 0.3 is 0 Å². The fourth-order valence-electron chi connectivity index (χ4n) is 3.79. The second-order valence-electron chi connectivity index (χ2n) is 8.32. The molecule has 1 aliphatic heterocycles.